The number of nitrogens with zero attached hydrogens (tertiary/aromatic N) is 3. The zero-order valence-electron chi connectivity index (χ0n) is 17.0. The zero-order chi connectivity index (χ0) is 21.0. The van der Waals surface area contributed by atoms with Crippen molar-refractivity contribution in [3.63, 3.8) is 0 Å². The number of anilines is 1. The van der Waals surface area contributed by atoms with E-state index >= 15 is 0 Å². The van der Waals surface area contributed by atoms with Gasteiger partial charge < -0.3 is 9.88 Å². The smallest absolute Gasteiger partial charge is 0.237 e. The number of aromatic nitrogens is 3. The fourth-order valence-electron chi connectivity index (χ4n) is 2.91. The summed E-state index contributed by atoms with van der Waals surface area (Å²) in [6.07, 6.45) is 0. The average Bonchev–Trinajstić information content (AvgIpc) is 3.05. The standard InChI is InChI=1S/C22H25FN4OS/c1-14(2)13-27-20(17-10-6-7-11-18(17)23)25-26-22(27)29-16(4)21(28)24-19-12-8-5-9-15(19)3/h5-12,14,16H,13H2,1-4H3,(H,24,28). The Balaban J connectivity index is 1.84. The largest absolute Gasteiger partial charge is 0.325 e. The summed E-state index contributed by atoms with van der Waals surface area (Å²) < 4.78 is 16.2. The van der Waals surface area contributed by atoms with E-state index in [-0.39, 0.29) is 11.7 Å². The average molecular weight is 413 g/mol. The first kappa shape index (κ1) is 21.0. The second-order valence-corrected chi connectivity index (χ2v) is 8.66. The van der Waals surface area contributed by atoms with Gasteiger partial charge in [0, 0.05) is 12.2 Å². The van der Waals surface area contributed by atoms with Crippen molar-refractivity contribution in [1.29, 1.82) is 0 Å². The van der Waals surface area contributed by atoms with Crippen molar-refractivity contribution >= 4 is 23.4 Å². The summed E-state index contributed by atoms with van der Waals surface area (Å²) in [6, 6.07) is 14.2. The molecule has 0 spiro atoms. The molecule has 3 rings (SSSR count). The van der Waals surface area contributed by atoms with Gasteiger partial charge >= 0.3 is 0 Å². The Morgan fingerprint density at radius 3 is 2.48 bits per heavy atom. The maximum atomic E-state index is 14.3. The van der Waals surface area contributed by atoms with Crippen LogP contribution in [0.1, 0.15) is 26.3 Å². The molecule has 0 aliphatic rings. The quantitative estimate of drug-likeness (QED) is 0.544. The molecule has 1 N–H and O–H groups in total. The van der Waals surface area contributed by atoms with Crippen LogP contribution in [0.25, 0.3) is 11.4 Å². The lowest BCUT2D eigenvalue weighted by Gasteiger charge is -2.16. The number of para-hydroxylation sites is 1. The molecule has 1 heterocycles. The number of aryl methyl sites for hydroxylation is 1. The topological polar surface area (TPSA) is 59.8 Å². The van der Waals surface area contributed by atoms with Gasteiger partial charge in [0.05, 0.1) is 10.8 Å². The van der Waals surface area contributed by atoms with E-state index in [1.807, 2.05) is 42.7 Å². The third-order valence-electron chi connectivity index (χ3n) is 4.43. The molecule has 5 nitrogen and oxygen atoms in total. The second kappa shape index (κ2) is 9.22. The van der Waals surface area contributed by atoms with E-state index in [0.29, 0.717) is 29.0 Å². The number of hydrogen-bond acceptors (Lipinski definition) is 4. The second-order valence-electron chi connectivity index (χ2n) is 7.35. The van der Waals surface area contributed by atoms with Gasteiger partial charge in [0.15, 0.2) is 11.0 Å². The van der Waals surface area contributed by atoms with Crippen LogP contribution < -0.4 is 5.32 Å². The minimum atomic E-state index is -0.391. The number of benzene rings is 2. The SMILES string of the molecule is Cc1ccccc1NC(=O)C(C)Sc1nnc(-c2ccccc2F)n1CC(C)C. The van der Waals surface area contributed by atoms with Crippen LogP contribution in [0.15, 0.2) is 53.7 Å². The number of amides is 1. The first-order valence-electron chi connectivity index (χ1n) is 9.58. The predicted octanol–water partition coefficient (Wildman–Crippen LogP) is 5.17. The Morgan fingerprint density at radius 1 is 1.10 bits per heavy atom. The zero-order valence-corrected chi connectivity index (χ0v) is 17.8. The minimum Gasteiger partial charge on any atom is -0.325 e. The van der Waals surface area contributed by atoms with Crippen molar-refractivity contribution in [2.45, 2.75) is 44.6 Å². The van der Waals surface area contributed by atoms with Crippen molar-refractivity contribution in [1.82, 2.24) is 14.8 Å². The summed E-state index contributed by atoms with van der Waals surface area (Å²) in [7, 11) is 0. The number of carbonyl (C=O) groups is 1. The molecule has 29 heavy (non-hydrogen) atoms. The molecule has 7 heteroatoms. The normalized spacial score (nSPS) is 12.2. The summed E-state index contributed by atoms with van der Waals surface area (Å²) in [5.41, 5.74) is 2.20. The maximum absolute atomic E-state index is 14.3. The molecule has 0 aliphatic carbocycles. The van der Waals surface area contributed by atoms with Crippen molar-refractivity contribution in [2.75, 3.05) is 5.32 Å². The number of halogens is 1. The molecular formula is C22H25FN4OS. The predicted molar refractivity (Wildman–Crippen MR) is 115 cm³/mol. The Labute approximate surface area is 174 Å². The molecule has 1 amide bonds. The maximum Gasteiger partial charge on any atom is 0.237 e. The van der Waals surface area contributed by atoms with Gasteiger partial charge in [0.2, 0.25) is 5.91 Å². The Kier molecular flexibility index (Phi) is 6.69. The van der Waals surface area contributed by atoms with Crippen LogP contribution >= 0.6 is 11.8 Å². The van der Waals surface area contributed by atoms with Gasteiger partial charge in [-0.3, -0.25) is 4.79 Å². The Hall–Kier alpha value is -2.67. The van der Waals surface area contributed by atoms with Crippen LogP contribution in [0.3, 0.4) is 0 Å². The summed E-state index contributed by atoms with van der Waals surface area (Å²) >= 11 is 1.32. The molecule has 0 bridgehead atoms. The van der Waals surface area contributed by atoms with Gasteiger partial charge in [-0.05, 0) is 43.5 Å². The van der Waals surface area contributed by atoms with E-state index in [2.05, 4.69) is 29.4 Å². The van der Waals surface area contributed by atoms with Gasteiger partial charge in [-0.15, -0.1) is 10.2 Å². The molecule has 2 aromatic carbocycles. The number of carbonyl (C=O) groups excluding carboxylic acids is 1. The van der Waals surface area contributed by atoms with Crippen LogP contribution in [0.5, 0.6) is 0 Å². The highest BCUT2D eigenvalue weighted by Gasteiger charge is 2.22. The van der Waals surface area contributed by atoms with Crippen LogP contribution in [0, 0.1) is 18.7 Å². The summed E-state index contributed by atoms with van der Waals surface area (Å²) in [5.74, 6) is 0.334. The van der Waals surface area contributed by atoms with E-state index in [1.165, 1.54) is 17.8 Å². The summed E-state index contributed by atoms with van der Waals surface area (Å²) in [6.45, 7) is 8.57. The monoisotopic (exact) mass is 412 g/mol. The third kappa shape index (κ3) is 5.03. The number of nitrogens with one attached hydrogen (secondary N) is 1. The highest BCUT2D eigenvalue weighted by molar-refractivity contribution is 8.00. The van der Waals surface area contributed by atoms with Crippen molar-refractivity contribution in [2.24, 2.45) is 5.92 Å². The molecule has 1 aromatic heterocycles. The molecule has 0 aliphatic heterocycles. The van der Waals surface area contributed by atoms with E-state index in [1.54, 1.807) is 18.2 Å². The van der Waals surface area contributed by atoms with Crippen molar-refractivity contribution in [3.05, 3.63) is 59.9 Å². The van der Waals surface area contributed by atoms with E-state index in [9.17, 15) is 9.18 Å². The molecule has 0 saturated carbocycles. The Bertz CT molecular complexity index is 1000. The number of thioether (sulfide) groups is 1. The van der Waals surface area contributed by atoms with Crippen molar-refractivity contribution in [3.8, 4) is 11.4 Å². The third-order valence-corrected chi connectivity index (χ3v) is 5.51. The molecule has 0 fully saturated rings. The summed E-state index contributed by atoms with van der Waals surface area (Å²) in [4.78, 5) is 12.7. The fourth-order valence-corrected chi connectivity index (χ4v) is 3.76. The molecular weight excluding hydrogens is 387 g/mol. The van der Waals surface area contributed by atoms with Crippen LogP contribution in [-0.2, 0) is 11.3 Å². The molecule has 1 atom stereocenters. The van der Waals surface area contributed by atoms with Crippen LogP contribution in [0.4, 0.5) is 10.1 Å². The van der Waals surface area contributed by atoms with Crippen LogP contribution in [0.2, 0.25) is 0 Å². The van der Waals surface area contributed by atoms with Gasteiger partial charge in [-0.25, -0.2) is 4.39 Å². The molecule has 3 aromatic rings. The van der Waals surface area contributed by atoms with Gasteiger partial charge in [0.25, 0.3) is 0 Å². The van der Waals surface area contributed by atoms with E-state index in [0.717, 1.165) is 11.3 Å². The van der Waals surface area contributed by atoms with Gasteiger partial charge in [-0.1, -0.05) is 55.9 Å². The van der Waals surface area contributed by atoms with Gasteiger partial charge in [0.1, 0.15) is 5.82 Å². The molecule has 0 saturated heterocycles. The minimum absolute atomic E-state index is 0.115. The first-order chi connectivity index (χ1) is 13.9. The van der Waals surface area contributed by atoms with E-state index < -0.39 is 5.25 Å². The molecule has 0 radical (unpaired) electrons. The molecule has 152 valence electrons. The van der Waals surface area contributed by atoms with E-state index in [4.69, 9.17) is 0 Å². The van der Waals surface area contributed by atoms with Crippen LogP contribution in [-0.4, -0.2) is 25.9 Å². The lowest BCUT2D eigenvalue weighted by Crippen LogP contribution is -2.23. The van der Waals surface area contributed by atoms with Gasteiger partial charge in [-0.2, -0.15) is 0 Å². The lowest BCUT2D eigenvalue weighted by atomic mass is 10.2. The highest BCUT2D eigenvalue weighted by atomic mass is 32.2. The Morgan fingerprint density at radius 2 is 1.79 bits per heavy atom. The van der Waals surface area contributed by atoms with Crippen molar-refractivity contribution < 1.29 is 9.18 Å². The number of hydrogen-bond donors (Lipinski definition) is 1. The fraction of sp³-hybridized carbons (Fsp3) is 0.318. The molecule has 1 unspecified atom stereocenters. The summed E-state index contributed by atoms with van der Waals surface area (Å²) in [5, 5.41) is 11.7. The first-order valence-corrected chi connectivity index (χ1v) is 10.5. The number of rotatable bonds is 7. The lowest BCUT2D eigenvalue weighted by molar-refractivity contribution is -0.115. The highest BCUT2D eigenvalue weighted by Crippen LogP contribution is 2.29.